The van der Waals surface area contributed by atoms with E-state index in [1.54, 1.807) is 19.1 Å². The summed E-state index contributed by atoms with van der Waals surface area (Å²) in [5.41, 5.74) is 1.09. The number of nitro groups is 1. The molecule has 2 rings (SSSR count). The smallest absolute Gasteiger partial charge is 0.387 e. The monoisotopic (exact) mass is 366 g/mol. The van der Waals surface area contributed by atoms with Crippen LogP contribution in [0.25, 0.3) is 0 Å². The number of halogens is 2. The molecule has 0 aliphatic heterocycles. The fourth-order valence-electron chi connectivity index (χ4n) is 2.09. The number of ether oxygens (including phenoxy) is 2. The lowest BCUT2D eigenvalue weighted by molar-refractivity contribution is -0.385. The Labute approximate surface area is 147 Å². The number of nitro benzene ring substituents is 1. The van der Waals surface area contributed by atoms with Crippen LogP contribution in [0.2, 0.25) is 0 Å². The van der Waals surface area contributed by atoms with E-state index in [1.165, 1.54) is 43.7 Å². The number of methoxy groups -OCH3 is 1. The van der Waals surface area contributed by atoms with E-state index in [1.807, 2.05) is 0 Å². The van der Waals surface area contributed by atoms with Gasteiger partial charge in [0.2, 0.25) is 0 Å². The molecule has 2 aromatic carbocycles. The topological polar surface area (TPSA) is 83.2 Å². The molecule has 0 saturated carbocycles. The molecule has 0 aliphatic rings. The maximum atomic E-state index is 12.3. The summed E-state index contributed by atoms with van der Waals surface area (Å²) in [6.07, 6.45) is 0.845. The van der Waals surface area contributed by atoms with E-state index < -0.39 is 17.6 Å². The van der Waals surface area contributed by atoms with Gasteiger partial charge in [0.05, 0.1) is 18.2 Å². The van der Waals surface area contributed by atoms with Crippen LogP contribution >= 0.6 is 0 Å². The van der Waals surface area contributed by atoms with Gasteiger partial charge in [0, 0.05) is 23.3 Å². The van der Waals surface area contributed by atoms with Gasteiger partial charge in [-0.1, -0.05) is 17.3 Å². The summed E-state index contributed by atoms with van der Waals surface area (Å²) in [6.45, 7) is -1.26. The van der Waals surface area contributed by atoms with Crippen LogP contribution in [0.3, 0.4) is 0 Å². The third-order valence-electron chi connectivity index (χ3n) is 3.37. The highest BCUT2D eigenvalue weighted by Crippen LogP contribution is 2.29. The number of oxime groups is 1. The SMILES string of the molecule is COc1cc(/C=N/OC(C)c2cccc([N+](=O)[O-])c2)ccc1OC(F)F. The molecule has 1 unspecified atom stereocenters. The van der Waals surface area contributed by atoms with Crippen LogP contribution in [0.1, 0.15) is 24.2 Å². The maximum Gasteiger partial charge on any atom is 0.387 e. The zero-order chi connectivity index (χ0) is 19.1. The molecule has 7 nitrogen and oxygen atoms in total. The van der Waals surface area contributed by atoms with Gasteiger partial charge in [0.1, 0.15) is 6.10 Å². The standard InChI is InChI=1S/C17H16F2N2O5/c1-11(13-4-3-5-14(9-13)21(22)23)26-20-10-12-6-7-15(25-17(18)19)16(8-12)24-2/h3-11,17H,1-2H3/b20-10+. The molecule has 0 saturated heterocycles. The molecular weight excluding hydrogens is 350 g/mol. The number of alkyl halides is 2. The van der Waals surface area contributed by atoms with Crippen LogP contribution in [0, 0.1) is 10.1 Å². The lowest BCUT2D eigenvalue weighted by Crippen LogP contribution is -2.03. The first-order chi connectivity index (χ1) is 12.4. The Morgan fingerprint density at radius 3 is 2.62 bits per heavy atom. The molecule has 0 bridgehead atoms. The predicted molar refractivity (Wildman–Crippen MR) is 89.8 cm³/mol. The van der Waals surface area contributed by atoms with Crippen molar-refractivity contribution >= 4 is 11.9 Å². The third kappa shape index (κ3) is 5.13. The lowest BCUT2D eigenvalue weighted by Gasteiger charge is -2.11. The van der Waals surface area contributed by atoms with Crippen molar-refractivity contribution in [2.75, 3.05) is 7.11 Å². The second-order valence-electron chi connectivity index (χ2n) is 5.12. The van der Waals surface area contributed by atoms with Crippen molar-refractivity contribution in [2.45, 2.75) is 19.6 Å². The average molecular weight is 366 g/mol. The van der Waals surface area contributed by atoms with Crippen LogP contribution in [0.5, 0.6) is 11.5 Å². The van der Waals surface area contributed by atoms with Crippen LogP contribution in [0.15, 0.2) is 47.6 Å². The molecular formula is C17H16F2N2O5. The van der Waals surface area contributed by atoms with Gasteiger partial charge in [0.15, 0.2) is 11.5 Å². The number of non-ortho nitro benzene ring substituents is 1. The summed E-state index contributed by atoms with van der Waals surface area (Å²) in [7, 11) is 1.33. The van der Waals surface area contributed by atoms with Gasteiger partial charge in [-0.3, -0.25) is 10.1 Å². The molecule has 0 amide bonds. The molecule has 0 aromatic heterocycles. The van der Waals surface area contributed by atoms with E-state index in [-0.39, 0.29) is 17.2 Å². The van der Waals surface area contributed by atoms with Gasteiger partial charge in [0.25, 0.3) is 5.69 Å². The number of hydrogen-bond acceptors (Lipinski definition) is 6. The summed E-state index contributed by atoms with van der Waals surface area (Å²) >= 11 is 0. The number of rotatable bonds is 8. The summed E-state index contributed by atoms with van der Waals surface area (Å²) < 4.78 is 33.9. The molecule has 9 heteroatoms. The Hall–Kier alpha value is -3.23. The Bertz CT molecular complexity index is 798. The van der Waals surface area contributed by atoms with E-state index in [9.17, 15) is 18.9 Å². The van der Waals surface area contributed by atoms with Crippen LogP contribution in [0.4, 0.5) is 14.5 Å². The van der Waals surface area contributed by atoms with Crippen molar-refractivity contribution in [1.29, 1.82) is 0 Å². The molecule has 0 fully saturated rings. The van der Waals surface area contributed by atoms with Gasteiger partial charge in [-0.2, -0.15) is 8.78 Å². The van der Waals surface area contributed by atoms with Gasteiger partial charge in [-0.25, -0.2) is 0 Å². The highest BCUT2D eigenvalue weighted by atomic mass is 19.3. The lowest BCUT2D eigenvalue weighted by atomic mass is 10.1. The van der Waals surface area contributed by atoms with E-state index >= 15 is 0 Å². The Kier molecular flexibility index (Phi) is 6.42. The zero-order valence-electron chi connectivity index (χ0n) is 14.0. The molecule has 2 aromatic rings. The summed E-state index contributed by atoms with van der Waals surface area (Å²) in [4.78, 5) is 15.6. The molecule has 138 valence electrons. The van der Waals surface area contributed by atoms with E-state index in [2.05, 4.69) is 9.89 Å². The van der Waals surface area contributed by atoms with E-state index in [0.717, 1.165) is 0 Å². The minimum absolute atomic E-state index is 0.0405. The molecule has 0 aliphatic carbocycles. The first-order valence-corrected chi connectivity index (χ1v) is 7.47. The van der Waals surface area contributed by atoms with Gasteiger partial charge < -0.3 is 14.3 Å². The predicted octanol–water partition coefficient (Wildman–Crippen LogP) is 4.32. The molecule has 0 spiro atoms. The maximum absolute atomic E-state index is 12.3. The van der Waals surface area contributed by atoms with Crippen molar-refractivity contribution in [3.8, 4) is 11.5 Å². The number of benzene rings is 2. The zero-order valence-corrected chi connectivity index (χ0v) is 14.0. The first-order valence-electron chi connectivity index (χ1n) is 7.47. The van der Waals surface area contributed by atoms with Gasteiger partial charge in [-0.15, -0.1) is 0 Å². The largest absolute Gasteiger partial charge is 0.493 e. The number of hydrogen-bond donors (Lipinski definition) is 0. The highest BCUT2D eigenvalue weighted by molar-refractivity contribution is 5.80. The molecule has 1 atom stereocenters. The average Bonchev–Trinajstić information content (AvgIpc) is 2.62. The molecule has 26 heavy (non-hydrogen) atoms. The van der Waals surface area contributed by atoms with Gasteiger partial charge >= 0.3 is 6.61 Å². The second-order valence-corrected chi connectivity index (χ2v) is 5.12. The van der Waals surface area contributed by atoms with Crippen LogP contribution < -0.4 is 9.47 Å². The summed E-state index contributed by atoms with van der Waals surface area (Å²) in [5.74, 6) is 0.0338. The van der Waals surface area contributed by atoms with E-state index in [4.69, 9.17) is 9.57 Å². The van der Waals surface area contributed by atoms with Crippen molar-refractivity contribution in [1.82, 2.24) is 0 Å². The Morgan fingerprint density at radius 2 is 1.96 bits per heavy atom. The minimum Gasteiger partial charge on any atom is -0.493 e. The molecule has 0 radical (unpaired) electrons. The molecule has 0 N–H and O–H groups in total. The van der Waals surface area contributed by atoms with Crippen molar-refractivity contribution in [3.05, 3.63) is 63.7 Å². The Morgan fingerprint density at radius 1 is 1.19 bits per heavy atom. The summed E-state index contributed by atoms with van der Waals surface area (Å²) in [5, 5.41) is 14.6. The first kappa shape index (κ1) is 19.1. The van der Waals surface area contributed by atoms with Crippen molar-refractivity contribution < 1.29 is 28.0 Å². The fourth-order valence-corrected chi connectivity index (χ4v) is 2.09. The Balaban J connectivity index is 2.05. The van der Waals surface area contributed by atoms with Crippen molar-refractivity contribution in [3.63, 3.8) is 0 Å². The quantitative estimate of drug-likeness (QED) is 0.395. The van der Waals surface area contributed by atoms with Crippen LogP contribution in [-0.2, 0) is 4.84 Å². The summed E-state index contributed by atoms with van der Waals surface area (Å²) in [6, 6.07) is 10.3. The normalized spacial score (nSPS) is 12.2. The van der Waals surface area contributed by atoms with E-state index in [0.29, 0.717) is 11.1 Å². The van der Waals surface area contributed by atoms with Crippen LogP contribution in [-0.4, -0.2) is 24.9 Å². The highest BCUT2D eigenvalue weighted by Gasteiger charge is 2.12. The fraction of sp³-hybridized carbons (Fsp3) is 0.235. The third-order valence-corrected chi connectivity index (χ3v) is 3.37. The van der Waals surface area contributed by atoms with Crippen molar-refractivity contribution in [2.24, 2.45) is 5.16 Å². The second kappa shape index (κ2) is 8.75. The molecule has 0 heterocycles. The van der Waals surface area contributed by atoms with Gasteiger partial charge in [-0.05, 0) is 25.1 Å². The number of nitrogens with zero attached hydrogens (tertiary/aromatic N) is 2. The minimum atomic E-state index is -2.96.